The number of fused-ring (bicyclic) bond motifs is 1. The van der Waals surface area contributed by atoms with E-state index in [1.807, 2.05) is 6.07 Å². The van der Waals surface area contributed by atoms with Gasteiger partial charge in [-0.2, -0.15) is 0 Å². The Balaban J connectivity index is 1.49. The maximum absolute atomic E-state index is 13.5. The van der Waals surface area contributed by atoms with Crippen LogP contribution in [0.15, 0.2) is 24.3 Å². The summed E-state index contributed by atoms with van der Waals surface area (Å²) in [5.74, 6) is -1.87. The molecule has 11 nitrogen and oxygen atoms in total. The molecule has 4 atom stereocenters. The minimum atomic E-state index is -0.981. The third kappa shape index (κ3) is 5.88. The lowest BCUT2D eigenvalue weighted by Crippen LogP contribution is -2.50. The van der Waals surface area contributed by atoms with Gasteiger partial charge in [-0.25, -0.2) is 0 Å². The molecule has 2 amide bonds. The summed E-state index contributed by atoms with van der Waals surface area (Å²) in [5.41, 5.74) is 6.62. The van der Waals surface area contributed by atoms with E-state index >= 15 is 0 Å². The van der Waals surface area contributed by atoms with E-state index in [2.05, 4.69) is 10.3 Å². The van der Waals surface area contributed by atoms with Crippen molar-refractivity contribution in [2.45, 2.75) is 57.2 Å². The van der Waals surface area contributed by atoms with Gasteiger partial charge in [0.05, 0.1) is 19.1 Å². The number of nitrogens with one attached hydrogen (secondary N) is 2. The van der Waals surface area contributed by atoms with Crippen molar-refractivity contribution in [3.63, 3.8) is 0 Å². The van der Waals surface area contributed by atoms with E-state index in [0.717, 1.165) is 24.5 Å². The quantitative estimate of drug-likeness (QED) is 0.260. The Morgan fingerprint density at radius 1 is 1.29 bits per heavy atom. The van der Waals surface area contributed by atoms with Crippen LogP contribution in [0.1, 0.15) is 49.5 Å². The Morgan fingerprint density at radius 3 is 2.71 bits per heavy atom. The van der Waals surface area contributed by atoms with Gasteiger partial charge in [0.2, 0.25) is 5.91 Å². The van der Waals surface area contributed by atoms with Crippen molar-refractivity contribution in [3.05, 3.63) is 30.0 Å². The van der Waals surface area contributed by atoms with Crippen molar-refractivity contribution < 1.29 is 33.4 Å². The number of hydrogen-bond acceptors (Lipinski definition) is 8. The number of rotatable bonds is 13. The summed E-state index contributed by atoms with van der Waals surface area (Å²) in [4.78, 5) is 67.9. The van der Waals surface area contributed by atoms with Gasteiger partial charge in [0, 0.05) is 22.9 Å². The maximum Gasteiger partial charge on any atom is 0.309 e. The highest BCUT2D eigenvalue weighted by Crippen LogP contribution is 2.31. The first kappa shape index (κ1) is 27.3. The van der Waals surface area contributed by atoms with Crippen LogP contribution in [0.5, 0.6) is 5.75 Å². The van der Waals surface area contributed by atoms with Gasteiger partial charge in [0.1, 0.15) is 23.8 Å². The Hall–Kier alpha value is -3.73. The molecule has 2 aliphatic rings. The van der Waals surface area contributed by atoms with Gasteiger partial charge < -0.3 is 35.2 Å². The molecule has 2 fully saturated rings. The summed E-state index contributed by atoms with van der Waals surface area (Å²) in [6.45, 7) is 1.56. The number of amides is 2. The second-order valence-electron chi connectivity index (χ2n) is 10.0. The number of ketones is 1. The lowest BCUT2D eigenvalue weighted by Gasteiger charge is -2.32. The van der Waals surface area contributed by atoms with Gasteiger partial charge in [-0.1, -0.05) is 6.07 Å². The fourth-order valence-electron chi connectivity index (χ4n) is 5.02. The maximum atomic E-state index is 13.5. The molecule has 1 aliphatic heterocycles. The number of nitrogens with zero attached hydrogens (tertiary/aromatic N) is 1. The molecule has 11 heteroatoms. The first-order chi connectivity index (χ1) is 18.3. The van der Waals surface area contributed by atoms with E-state index in [0.29, 0.717) is 17.7 Å². The minimum absolute atomic E-state index is 0.0685. The van der Waals surface area contributed by atoms with Gasteiger partial charge in [0.15, 0.2) is 12.4 Å². The molecule has 2 aromatic rings. The highest BCUT2D eigenvalue weighted by Gasteiger charge is 2.45. The fraction of sp³-hybridized carbons (Fsp3) is 0.519. The van der Waals surface area contributed by atoms with E-state index in [1.165, 1.54) is 4.90 Å². The number of hydrogen-bond donors (Lipinski definition) is 3. The van der Waals surface area contributed by atoms with Gasteiger partial charge in [-0.3, -0.25) is 19.2 Å². The molecular weight excluding hydrogens is 492 g/mol. The van der Waals surface area contributed by atoms with Gasteiger partial charge in [0.25, 0.3) is 5.91 Å². The van der Waals surface area contributed by atoms with Gasteiger partial charge >= 0.3 is 5.97 Å². The number of esters is 1. The smallest absolute Gasteiger partial charge is 0.309 e. The van der Waals surface area contributed by atoms with Crippen LogP contribution in [0.4, 0.5) is 0 Å². The summed E-state index contributed by atoms with van der Waals surface area (Å²) in [5, 5.41) is 3.51. The van der Waals surface area contributed by atoms with Crippen molar-refractivity contribution >= 4 is 40.8 Å². The molecular formula is C27H34N4O7. The monoisotopic (exact) mass is 526 g/mol. The normalized spacial score (nSPS) is 20.7. The summed E-state index contributed by atoms with van der Waals surface area (Å²) >= 11 is 0. The summed E-state index contributed by atoms with van der Waals surface area (Å²) in [7, 11) is 1.54. The molecule has 2 heterocycles. The SMILES string of the molecule is COc1cccc2[nH]c(C(=O)N[C@H]3CC(C)N([C@@H](C[C@@H](C=O)CCN)C(=O)COC(=O)C4CC4)C3=O)cc12. The highest BCUT2D eigenvalue weighted by molar-refractivity contribution is 6.02. The average Bonchev–Trinajstić information content (AvgIpc) is 3.61. The van der Waals surface area contributed by atoms with Crippen LogP contribution in [0.2, 0.25) is 0 Å². The topological polar surface area (TPSA) is 161 Å². The molecule has 204 valence electrons. The van der Waals surface area contributed by atoms with Crippen LogP contribution >= 0.6 is 0 Å². The first-order valence-corrected chi connectivity index (χ1v) is 12.9. The van der Waals surface area contributed by atoms with Crippen LogP contribution in [-0.4, -0.2) is 78.1 Å². The molecule has 1 aromatic carbocycles. The zero-order chi connectivity index (χ0) is 27.4. The highest BCUT2D eigenvalue weighted by atomic mass is 16.5. The van der Waals surface area contributed by atoms with E-state index in [4.69, 9.17) is 15.2 Å². The molecule has 4 N–H and O–H groups in total. The van der Waals surface area contributed by atoms with Crippen molar-refractivity contribution in [1.29, 1.82) is 0 Å². The predicted molar refractivity (Wildman–Crippen MR) is 137 cm³/mol. The zero-order valence-corrected chi connectivity index (χ0v) is 21.6. The molecule has 1 aromatic heterocycles. The number of H-pyrrole nitrogens is 1. The van der Waals surface area contributed by atoms with Crippen molar-refractivity contribution in [3.8, 4) is 5.75 Å². The largest absolute Gasteiger partial charge is 0.496 e. The lowest BCUT2D eigenvalue weighted by atomic mass is 9.94. The number of carbonyl (C=O) groups is 5. The Bertz CT molecular complexity index is 1220. The van der Waals surface area contributed by atoms with Crippen LogP contribution in [0.25, 0.3) is 10.9 Å². The van der Waals surface area contributed by atoms with E-state index in [9.17, 15) is 24.0 Å². The molecule has 0 spiro atoms. The number of carbonyl (C=O) groups excluding carboxylic acids is 5. The Labute approximate surface area is 220 Å². The molecule has 1 unspecified atom stereocenters. The fourth-order valence-corrected chi connectivity index (χ4v) is 5.02. The summed E-state index contributed by atoms with van der Waals surface area (Å²) < 4.78 is 10.5. The molecule has 0 radical (unpaired) electrons. The van der Waals surface area contributed by atoms with E-state index in [1.54, 1.807) is 32.2 Å². The van der Waals surface area contributed by atoms with Gasteiger partial charge in [-0.05, 0) is 63.8 Å². The number of aromatic amines is 1. The number of aromatic nitrogens is 1. The number of likely N-dealkylation sites (tertiary alicyclic amines) is 1. The van der Waals surface area contributed by atoms with Crippen LogP contribution < -0.4 is 15.8 Å². The average molecular weight is 527 g/mol. The van der Waals surface area contributed by atoms with E-state index < -0.39 is 54.2 Å². The second-order valence-corrected chi connectivity index (χ2v) is 10.0. The predicted octanol–water partition coefficient (Wildman–Crippen LogP) is 1.34. The molecule has 1 saturated carbocycles. The molecule has 4 rings (SSSR count). The Kier molecular flexibility index (Phi) is 8.45. The third-order valence-corrected chi connectivity index (χ3v) is 7.23. The first-order valence-electron chi connectivity index (χ1n) is 12.9. The van der Waals surface area contributed by atoms with Crippen molar-refractivity contribution in [1.82, 2.24) is 15.2 Å². The number of methoxy groups -OCH3 is 1. The number of aldehydes is 1. The standard InChI is InChI=1S/C27H34N4O7/c1-15-10-21(30-25(34)20-12-18-19(29-20)4-3-5-24(18)37-2)26(35)31(15)22(11-16(13-32)8-9-28)23(33)14-38-27(36)17-6-7-17/h3-5,12-13,15-17,21-22,29H,6-11,14,28H2,1-2H3,(H,30,34)/t15?,16-,21-,22-/m0/s1. The van der Waals surface area contributed by atoms with Gasteiger partial charge in [-0.15, -0.1) is 0 Å². The summed E-state index contributed by atoms with van der Waals surface area (Å²) in [6, 6.07) is 4.82. The van der Waals surface area contributed by atoms with Crippen molar-refractivity contribution in [2.75, 3.05) is 20.3 Å². The third-order valence-electron chi connectivity index (χ3n) is 7.23. The minimum Gasteiger partial charge on any atom is -0.496 e. The number of Topliss-reactive ketones (excluding diaryl/α,β-unsaturated/α-hetero) is 1. The van der Waals surface area contributed by atoms with E-state index in [-0.39, 0.29) is 31.0 Å². The number of ether oxygens (including phenoxy) is 2. The Morgan fingerprint density at radius 2 is 2.05 bits per heavy atom. The summed E-state index contributed by atoms with van der Waals surface area (Å²) in [6.07, 6.45) is 2.92. The number of nitrogens with two attached hydrogens (primary N) is 1. The molecule has 1 aliphatic carbocycles. The second kappa shape index (κ2) is 11.8. The molecule has 1 saturated heterocycles. The van der Waals surface area contributed by atoms with Crippen LogP contribution in [0, 0.1) is 11.8 Å². The molecule has 0 bridgehead atoms. The zero-order valence-electron chi connectivity index (χ0n) is 21.6. The van der Waals surface area contributed by atoms with Crippen LogP contribution in [0.3, 0.4) is 0 Å². The van der Waals surface area contributed by atoms with Crippen LogP contribution in [-0.2, 0) is 23.9 Å². The number of benzene rings is 1. The molecule has 38 heavy (non-hydrogen) atoms. The lowest BCUT2D eigenvalue weighted by molar-refractivity contribution is -0.152. The van der Waals surface area contributed by atoms with Crippen molar-refractivity contribution in [2.24, 2.45) is 17.6 Å².